The molecule has 0 unspecified atom stereocenters. The highest BCUT2D eigenvalue weighted by molar-refractivity contribution is 5.99. The van der Waals surface area contributed by atoms with E-state index in [-0.39, 0.29) is 36.2 Å². The third-order valence-electron chi connectivity index (χ3n) is 5.82. The Morgan fingerprint density at radius 3 is 2.76 bits per heavy atom. The molecule has 0 radical (unpaired) electrons. The minimum Gasteiger partial charge on any atom is -0.507 e. The van der Waals surface area contributed by atoms with Crippen molar-refractivity contribution in [1.82, 2.24) is 0 Å². The van der Waals surface area contributed by atoms with E-state index in [9.17, 15) is 18.3 Å². The van der Waals surface area contributed by atoms with Crippen molar-refractivity contribution in [2.24, 2.45) is 11.1 Å². The zero-order valence-corrected chi connectivity index (χ0v) is 17.3. The number of phenolic OH excluding ortho intramolecular Hbond substituents is 1. The van der Waals surface area contributed by atoms with Crippen LogP contribution in [0.1, 0.15) is 70.4 Å². The summed E-state index contributed by atoms with van der Waals surface area (Å²) in [6.07, 6.45) is -1.21. The molecule has 1 aliphatic heterocycles. The molecule has 0 fully saturated rings. The fraction of sp³-hybridized carbons (Fsp3) is 0.591. The predicted octanol–water partition coefficient (Wildman–Crippen LogP) is 6.09. The number of oxime groups is 1. The Labute approximate surface area is 169 Å². The van der Waals surface area contributed by atoms with Crippen molar-refractivity contribution in [3.63, 3.8) is 0 Å². The molecule has 1 heterocycles. The molecule has 7 heteroatoms. The number of hydrogen-bond acceptors (Lipinski definition) is 4. The van der Waals surface area contributed by atoms with Crippen LogP contribution in [0, 0.1) is 5.92 Å². The van der Waals surface area contributed by atoms with Gasteiger partial charge in [-0.25, -0.2) is 0 Å². The quantitative estimate of drug-likeness (QED) is 0.276. The van der Waals surface area contributed by atoms with Crippen LogP contribution < -0.4 is 4.74 Å². The maximum absolute atomic E-state index is 12.2. The van der Waals surface area contributed by atoms with Gasteiger partial charge in [0.25, 0.3) is 0 Å². The molecule has 0 saturated heterocycles. The SMILES string of the molecule is CC1=CC[C@H]2[C@H](C1)c1c(O)cc(/C(C)=N/OCCCC(F)(F)F)cc1OC2(C)C. The molecule has 0 bridgehead atoms. The van der Waals surface area contributed by atoms with Gasteiger partial charge >= 0.3 is 6.18 Å². The average Bonchev–Trinajstić information content (AvgIpc) is 2.58. The lowest BCUT2D eigenvalue weighted by atomic mass is 9.67. The number of rotatable bonds is 5. The predicted molar refractivity (Wildman–Crippen MR) is 105 cm³/mol. The van der Waals surface area contributed by atoms with Crippen molar-refractivity contribution in [3.05, 3.63) is 34.9 Å². The smallest absolute Gasteiger partial charge is 0.389 e. The number of fused-ring (bicyclic) bond motifs is 3. The zero-order valence-electron chi connectivity index (χ0n) is 17.3. The standard InChI is InChI=1S/C22H28F3NO3/c1-13-6-7-17-16(10-13)20-18(27)11-15(12-19(20)29-21(17,3)4)14(2)26-28-9-5-8-22(23,24)25/h6,11-12,16-17,27H,5,7-10H2,1-4H3/b26-14+/t16-,17-/m0/s1. The number of halogens is 3. The maximum Gasteiger partial charge on any atom is 0.389 e. The fourth-order valence-corrected chi connectivity index (χ4v) is 4.31. The lowest BCUT2D eigenvalue weighted by Crippen LogP contribution is -2.45. The zero-order chi connectivity index (χ0) is 21.4. The highest BCUT2D eigenvalue weighted by Crippen LogP contribution is 2.54. The van der Waals surface area contributed by atoms with Crippen molar-refractivity contribution in [3.8, 4) is 11.5 Å². The number of hydrogen-bond donors (Lipinski definition) is 1. The van der Waals surface area contributed by atoms with Gasteiger partial charge in [-0.2, -0.15) is 13.2 Å². The first-order valence-electron chi connectivity index (χ1n) is 9.93. The molecular formula is C22H28F3NO3. The van der Waals surface area contributed by atoms with Crippen molar-refractivity contribution < 1.29 is 27.9 Å². The molecule has 0 saturated carbocycles. The number of aromatic hydroxyl groups is 1. The molecule has 1 N–H and O–H groups in total. The molecule has 3 rings (SSSR count). The van der Waals surface area contributed by atoms with Crippen LogP contribution in [0.5, 0.6) is 11.5 Å². The van der Waals surface area contributed by atoms with E-state index in [2.05, 4.69) is 32.0 Å². The van der Waals surface area contributed by atoms with Crippen LogP contribution in [0.2, 0.25) is 0 Å². The molecule has 29 heavy (non-hydrogen) atoms. The van der Waals surface area contributed by atoms with Crippen LogP contribution in [-0.4, -0.2) is 29.2 Å². The van der Waals surface area contributed by atoms with Gasteiger partial charge in [-0.1, -0.05) is 16.8 Å². The highest BCUT2D eigenvalue weighted by atomic mass is 19.4. The van der Waals surface area contributed by atoms with Gasteiger partial charge < -0.3 is 14.7 Å². The third-order valence-corrected chi connectivity index (χ3v) is 5.82. The van der Waals surface area contributed by atoms with Crippen molar-refractivity contribution in [1.29, 1.82) is 0 Å². The van der Waals surface area contributed by atoms with Gasteiger partial charge in [-0.05, 0) is 59.1 Å². The summed E-state index contributed by atoms with van der Waals surface area (Å²) in [5, 5.41) is 14.7. The number of nitrogens with zero attached hydrogens (tertiary/aromatic N) is 1. The number of phenols is 1. The Morgan fingerprint density at radius 2 is 2.07 bits per heavy atom. The lowest BCUT2D eigenvalue weighted by Gasteiger charge is -2.47. The molecule has 0 spiro atoms. The average molecular weight is 411 g/mol. The number of allylic oxidation sites excluding steroid dienone is 2. The molecule has 4 nitrogen and oxygen atoms in total. The Kier molecular flexibility index (Phi) is 5.88. The number of ether oxygens (including phenoxy) is 1. The Balaban J connectivity index is 1.80. The second-order valence-corrected chi connectivity index (χ2v) is 8.54. The summed E-state index contributed by atoms with van der Waals surface area (Å²) in [7, 11) is 0. The van der Waals surface area contributed by atoms with Crippen molar-refractivity contribution in [2.75, 3.05) is 6.61 Å². The molecule has 0 amide bonds. The fourth-order valence-electron chi connectivity index (χ4n) is 4.31. The second-order valence-electron chi connectivity index (χ2n) is 8.54. The van der Waals surface area contributed by atoms with Gasteiger partial charge in [-0.3, -0.25) is 0 Å². The normalized spacial score (nSPS) is 23.6. The summed E-state index contributed by atoms with van der Waals surface area (Å²) in [6, 6.07) is 3.46. The summed E-state index contributed by atoms with van der Waals surface area (Å²) in [5.41, 5.74) is 2.85. The molecule has 1 aromatic rings. The molecular weight excluding hydrogens is 383 g/mol. The van der Waals surface area contributed by atoms with E-state index < -0.39 is 12.6 Å². The van der Waals surface area contributed by atoms with Crippen LogP contribution in [0.25, 0.3) is 0 Å². The summed E-state index contributed by atoms with van der Waals surface area (Å²) >= 11 is 0. The van der Waals surface area contributed by atoms with E-state index in [1.165, 1.54) is 5.57 Å². The topological polar surface area (TPSA) is 51.1 Å². The van der Waals surface area contributed by atoms with Crippen LogP contribution >= 0.6 is 0 Å². The Morgan fingerprint density at radius 1 is 1.34 bits per heavy atom. The van der Waals surface area contributed by atoms with E-state index in [4.69, 9.17) is 9.57 Å². The van der Waals surface area contributed by atoms with E-state index in [1.807, 2.05) is 6.07 Å². The van der Waals surface area contributed by atoms with Gasteiger partial charge in [0.2, 0.25) is 0 Å². The van der Waals surface area contributed by atoms with E-state index >= 15 is 0 Å². The first kappa shape index (κ1) is 21.5. The van der Waals surface area contributed by atoms with E-state index in [1.54, 1.807) is 13.0 Å². The number of alkyl halides is 3. The molecule has 1 aliphatic carbocycles. The minimum absolute atomic E-state index is 0.118. The van der Waals surface area contributed by atoms with Crippen molar-refractivity contribution >= 4 is 5.71 Å². The van der Waals surface area contributed by atoms with Crippen LogP contribution in [0.15, 0.2) is 28.9 Å². The molecule has 2 aliphatic rings. The van der Waals surface area contributed by atoms with Gasteiger partial charge in [0.05, 0.1) is 5.71 Å². The summed E-state index contributed by atoms with van der Waals surface area (Å²) in [4.78, 5) is 5.03. The second kappa shape index (κ2) is 7.92. The van der Waals surface area contributed by atoms with Gasteiger partial charge in [0.1, 0.15) is 23.7 Å². The lowest BCUT2D eigenvalue weighted by molar-refractivity contribution is -0.137. The third kappa shape index (κ3) is 4.87. The molecule has 160 valence electrons. The Hall–Kier alpha value is -2.18. The largest absolute Gasteiger partial charge is 0.507 e. The molecule has 2 atom stereocenters. The Bertz CT molecular complexity index is 827. The first-order valence-corrected chi connectivity index (χ1v) is 9.93. The van der Waals surface area contributed by atoms with Crippen LogP contribution in [0.4, 0.5) is 13.2 Å². The van der Waals surface area contributed by atoms with Crippen LogP contribution in [0.3, 0.4) is 0 Å². The monoisotopic (exact) mass is 411 g/mol. The van der Waals surface area contributed by atoms with Crippen LogP contribution in [-0.2, 0) is 4.84 Å². The summed E-state index contributed by atoms with van der Waals surface area (Å²) in [5.74, 6) is 1.25. The van der Waals surface area contributed by atoms with Gasteiger partial charge in [-0.15, -0.1) is 0 Å². The minimum atomic E-state index is -4.19. The van der Waals surface area contributed by atoms with E-state index in [0.717, 1.165) is 18.4 Å². The van der Waals surface area contributed by atoms with Crippen molar-refractivity contribution in [2.45, 2.75) is 71.1 Å². The summed E-state index contributed by atoms with van der Waals surface area (Å²) < 4.78 is 42.8. The highest BCUT2D eigenvalue weighted by Gasteiger charge is 2.45. The van der Waals surface area contributed by atoms with Gasteiger partial charge in [0.15, 0.2) is 0 Å². The summed E-state index contributed by atoms with van der Waals surface area (Å²) in [6.45, 7) is 7.81. The maximum atomic E-state index is 12.2. The first-order chi connectivity index (χ1) is 13.5. The number of benzene rings is 1. The molecule has 1 aromatic carbocycles. The molecule has 0 aromatic heterocycles. The van der Waals surface area contributed by atoms with E-state index in [0.29, 0.717) is 17.0 Å². The van der Waals surface area contributed by atoms with Gasteiger partial charge in [0, 0.05) is 29.4 Å².